The number of carbonyl (C=O) groups is 1. The second-order valence-corrected chi connectivity index (χ2v) is 4.47. The summed E-state index contributed by atoms with van der Waals surface area (Å²) in [6.45, 7) is 3.80. The molecule has 3 heteroatoms. The number of halogens is 1. The third-order valence-electron chi connectivity index (χ3n) is 2.48. The molecule has 0 atom stereocenters. The van der Waals surface area contributed by atoms with Crippen LogP contribution in [0.3, 0.4) is 0 Å². The van der Waals surface area contributed by atoms with Gasteiger partial charge < -0.3 is 0 Å². The van der Waals surface area contributed by atoms with Crippen molar-refractivity contribution in [1.29, 1.82) is 0 Å². The number of benzene rings is 1. The molecule has 86 valence electrons. The first-order chi connectivity index (χ1) is 8.06. The van der Waals surface area contributed by atoms with E-state index in [1.165, 1.54) is 0 Å². The van der Waals surface area contributed by atoms with Crippen LogP contribution in [-0.4, -0.2) is 10.8 Å². The van der Waals surface area contributed by atoms with Crippen LogP contribution in [0.15, 0.2) is 36.5 Å². The summed E-state index contributed by atoms with van der Waals surface area (Å²) in [7, 11) is 0. The van der Waals surface area contributed by atoms with Gasteiger partial charge >= 0.3 is 0 Å². The number of aryl methyl sites for hydroxylation is 2. The van der Waals surface area contributed by atoms with E-state index < -0.39 is 0 Å². The Morgan fingerprint density at radius 3 is 2.47 bits per heavy atom. The van der Waals surface area contributed by atoms with Crippen LogP contribution in [0.25, 0.3) is 0 Å². The van der Waals surface area contributed by atoms with Gasteiger partial charge in [-0.15, -0.1) is 0 Å². The van der Waals surface area contributed by atoms with Crippen LogP contribution in [0.5, 0.6) is 0 Å². The van der Waals surface area contributed by atoms with E-state index in [0.717, 1.165) is 11.3 Å². The largest absolute Gasteiger partial charge is 0.289 e. The van der Waals surface area contributed by atoms with Crippen molar-refractivity contribution >= 4 is 17.4 Å². The topological polar surface area (TPSA) is 30.0 Å². The minimum atomic E-state index is -0.0527. The first-order valence-corrected chi connectivity index (χ1v) is 5.68. The zero-order valence-electron chi connectivity index (χ0n) is 9.70. The minimum Gasteiger partial charge on any atom is -0.289 e. The van der Waals surface area contributed by atoms with E-state index in [2.05, 4.69) is 4.98 Å². The van der Waals surface area contributed by atoms with Crippen LogP contribution in [0.4, 0.5) is 0 Å². The third kappa shape index (κ3) is 2.71. The Morgan fingerprint density at radius 1 is 1.12 bits per heavy atom. The smallest absolute Gasteiger partial charge is 0.194 e. The highest BCUT2D eigenvalue weighted by Crippen LogP contribution is 2.17. The molecule has 0 unspecified atom stereocenters. The first-order valence-electron chi connectivity index (χ1n) is 5.31. The summed E-state index contributed by atoms with van der Waals surface area (Å²) in [5.41, 5.74) is 3.04. The average Bonchev–Trinajstić information content (AvgIpc) is 2.28. The van der Waals surface area contributed by atoms with E-state index in [1.807, 2.05) is 32.0 Å². The van der Waals surface area contributed by atoms with Crippen molar-refractivity contribution in [1.82, 2.24) is 4.98 Å². The summed E-state index contributed by atoms with van der Waals surface area (Å²) >= 11 is 5.94. The summed E-state index contributed by atoms with van der Waals surface area (Å²) in [5, 5.41) is 0.577. The van der Waals surface area contributed by atoms with Crippen molar-refractivity contribution < 1.29 is 4.79 Å². The maximum Gasteiger partial charge on any atom is 0.194 e. The zero-order chi connectivity index (χ0) is 12.4. The molecule has 1 aromatic heterocycles. The molecule has 2 aromatic rings. The molecule has 2 rings (SSSR count). The highest BCUT2D eigenvalue weighted by molar-refractivity contribution is 6.31. The van der Waals surface area contributed by atoms with E-state index in [1.54, 1.807) is 18.3 Å². The first kappa shape index (κ1) is 11.8. The van der Waals surface area contributed by atoms with E-state index >= 15 is 0 Å². The molecule has 0 aliphatic rings. The van der Waals surface area contributed by atoms with E-state index in [0.29, 0.717) is 16.1 Å². The van der Waals surface area contributed by atoms with Crippen LogP contribution in [0.1, 0.15) is 27.2 Å². The average molecular weight is 246 g/mol. The number of carbonyl (C=O) groups excluding carboxylic acids is 1. The highest BCUT2D eigenvalue weighted by atomic mass is 35.5. The van der Waals surface area contributed by atoms with E-state index in [4.69, 9.17) is 11.6 Å². The van der Waals surface area contributed by atoms with Crippen molar-refractivity contribution in [2.75, 3.05) is 0 Å². The minimum absolute atomic E-state index is 0.0527. The molecule has 0 saturated heterocycles. The Balaban J connectivity index is 2.40. The van der Waals surface area contributed by atoms with Crippen LogP contribution in [0.2, 0.25) is 5.02 Å². The zero-order valence-corrected chi connectivity index (χ0v) is 10.5. The van der Waals surface area contributed by atoms with Gasteiger partial charge in [0.05, 0.1) is 0 Å². The van der Waals surface area contributed by atoms with Crippen LogP contribution >= 0.6 is 11.6 Å². The molecule has 0 fully saturated rings. The Hall–Kier alpha value is -1.67. The van der Waals surface area contributed by atoms with Crippen molar-refractivity contribution in [2.45, 2.75) is 13.8 Å². The lowest BCUT2D eigenvalue weighted by molar-refractivity contribution is 0.103. The molecule has 0 spiro atoms. The number of nitrogens with zero attached hydrogens (tertiary/aromatic N) is 1. The molecule has 0 N–H and O–H groups in total. The number of pyridine rings is 1. The lowest BCUT2D eigenvalue weighted by atomic mass is 10.0. The molecule has 2 nitrogen and oxygen atoms in total. The molecular formula is C14H12ClNO. The predicted octanol–water partition coefficient (Wildman–Crippen LogP) is 3.58. The maximum atomic E-state index is 12.2. The molecular weight excluding hydrogens is 234 g/mol. The predicted molar refractivity (Wildman–Crippen MR) is 68.6 cm³/mol. The monoisotopic (exact) mass is 245 g/mol. The molecule has 0 saturated carbocycles. The summed E-state index contributed by atoms with van der Waals surface area (Å²) in [4.78, 5) is 16.3. The van der Waals surface area contributed by atoms with E-state index in [9.17, 15) is 4.79 Å². The number of hydrogen-bond donors (Lipinski definition) is 0. The van der Waals surface area contributed by atoms with Gasteiger partial charge in [-0.2, -0.15) is 0 Å². The maximum absolute atomic E-state index is 12.2. The fourth-order valence-corrected chi connectivity index (χ4v) is 1.93. The van der Waals surface area contributed by atoms with Crippen molar-refractivity contribution in [3.05, 3.63) is 63.9 Å². The molecule has 0 amide bonds. The van der Waals surface area contributed by atoms with E-state index in [-0.39, 0.29) is 5.78 Å². The van der Waals surface area contributed by atoms with Crippen LogP contribution < -0.4 is 0 Å². The third-order valence-corrected chi connectivity index (χ3v) is 2.70. The summed E-state index contributed by atoms with van der Waals surface area (Å²) in [6.07, 6.45) is 1.59. The molecule has 0 aliphatic heterocycles. The standard InChI is InChI=1S/C14H12ClNO/c1-9-5-12(7-13(15)6-9)14(17)11-4-3-10(2)16-8-11/h3-8H,1-2H3. The van der Waals surface area contributed by atoms with Crippen molar-refractivity contribution in [3.8, 4) is 0 Å². The fraction of sp³-hybridized carbons (Fsp3) is 0.143. The normalized spacial score (nSPS) is 10.3. The second kappa shape index (κ2) is 4.68. The molecule has 0 aliphatic carbocycles. The number of aromatic nitrogens is 1. The molecule has 1 aromatic carbocycles. The van der Waals surface area contributed by atoms with Gasteiger partial charge in [-0.25, -0.2) is 0 Å². The molecule has 0 bridgehead atoms. The Labute approximate surface area is 105 Å². The van der Waals surface area contributed by atoms with Gasteiger partial charge in [0.2, 0.25) is 0 Å². The summed E-state index contributed by atoms with van der Waals surface area (Å²) in [6, 6.07) is 8.93. The van der Waals surface area contributed by atoms with Gasteiger partial charge in [0.25, 0.3) is 0 Å². The number of hydrogen-bond acceptors (Lipinski definition) is 2. The van der Waals surface area contributed by atoms with Gasteiger partial charge in [0, 0.05) is 28.0 Å². The molecule has 17 heavy (non-hydrogen) atoms. The Bertz CT molecular complexity index is 541. The summed E-state index contributed by atoms with van der Waals surface area (Å²) < 4.78 is 0. The second-order valence-electron chi connectivity index (χ2n) is 4.03. The summed E-state index contributed by atoms with van der Waals surface area (Å²) in [5.74, 6) is -0.0527. The SMILES string of the molecule is Cc1cc(Cl)cc(C(=O)c2ccc(C)nc2)c1. The Kier molecular flexibility index (Phi) is 3.25. The van der Waals surface area contributed by atoms with Gasteiger partial charge in [0.1, 0.15) is 0 Å². The van der Waals surface area contributed by atoms with Gasteiger partial charge in [-0.1, -0.05) is 11.6 Å². The highest BCUT2D eigenvalue weighted by Gasteiger charge is 2.10. The van der Waals surface area contributed by atoms with Gasteiger partial charge in [-0.05, 0) is 49.7 Å². The van der Waals surface area contributed by atoms with Gasteiger partial charge in [-0.3, -0.25) is 9.78 Å². The lowest BCUT2D eigenvalue weighted by Gasteiger charge is -2.03. The molecule has 0 radical (unpaired) electrons. The number of rotatable bonds is 2. The van der Waals surface area contributed by atoms with Gasteiger partial charge in [0.15, 0.2) is 5.78 Å². The van der Waals surface area contributed by atoms with Crippen molar-refractivity contribution in [3.63, 3.8) is 0 Å². The molecule has 1 heterocycles. The lowest BCUT2D eigenvalue weighted by Crippen LogP contribution is -2.02. The number of ketones is 1. The van der Waals surface area contributed by atoms with Crippen LogP contribution in [0, 0.1) is 13.8 Å². The quantitative estimate of drug-likeness (QED) is 0.757. The van der Waals surface area contributed by atoms with Crippen molar-refractivity contribution in [2.24, 2.45) is 0 Å². The van der Waals surface area contributed by atoms with Crippen LogP contribution in [-0.2, 0) is 0 Å². The Morgan fingerprint density at radius 2 is 1.88 bits per heavy atom. The fourth-order valence-electron chi connectivity index (χ4n) is 1.64.